The first-order valence-electron chi connectivity index (χ1n) is 9.57. The average molecular weight is 363 g/mol. The minimum atomic E-state index is -0.710. The van der Waals surface area contributed by atoms with Crippen molar-refractivity contribution in [2.24, 2.45) is 0 Å². The van der Waals surface area contributed by atoms with Crippen LogP contribution in [0.2, 0.25) is 0 Å². The molecule has 1 aliphatic rings. The fourth-order valence-electron chi connectivity index (χ4n) is 3.77. The van der Waals surface area contributed by atoms with Crippen molar-refractivity contribution in [3.05, 3.63) is 77.1 Å². The lowest BCUT2D eigenvalue weighted by atomic mass is 9.95. The number of nitrogens with zero attached hydrogens (tertiary/aromatic N) is 3. The smallest absolute Gasteiger partial charge is 0.136 e. The lowest BCUT2D eigenvalue weighted by Gasteiger charge is -2.30. The van der Waals surface area contributed by atoms with Crippen molar-refractivity contribution >= 4 is 5.82 Å². The van der Waals surface area contributed by atoms with Gasteiger partial charge in [0.2, 0.25) is 0 Å². The van der Waals surface area contributed by atoms with Crippen molar-refractivity contribution < 1.29 is 9.52 Å². The molecular formula is C22H25N3O2. The molecule has 27 heavy (non-hydrogen) atoms. The molecule has 0 spiro atoms. The van der Waals surface area contributed by atoms with Crippen molar-refractivity contribution in [2.75, 3.05) is 11.4 Å². The minimum Gasteiger partial charge on any atom is -0.467 e. The number of aryl methyl sites for hydroxylation is 2. The molecule has 4 rings (SSSR count). The van der Waals surface area contributed by atoms with E-state index >= 15 is 0 Å². The van der Waals surface area contributed by atoms with Gasteiger partial charge in [0, 0.05) is 17.8 Å². The van der Waals surface area contributed by atoms with E-state index < -0.39 is 6.10 Å². The zero-order chi connectivity index (χ0) is 18.6. The summed E-state index contributed by atoms with van der Waals surface area (Å²) in [4.78, 5) is 11.6. The number of fused-ring (bicyclic) bond motifs is 1. The van der Waals surface area contributed by atoms with Crippen LogP contribution in [0.15, 0.2) is 53.1 Å². The van der Waals surface area contributed by atoms with Gasteiger partial charge in [-0.15, -0.1) is 0 Å². The standard InChI is InChI=1S/C22H25N3O2/c1-16-23-19-11-6-5-10-18(19)22(24-16)25(14-17-8-3-2-4-9-17)15-20(26)21-12-7-13-27-21/h2-4,7-9,12-13,20,26H,5-6,10-11,14-15H2,1H3. The monoisotopic (exact) mass is 363 g/mol. The minimum absolute atomic E-state index is 0.422. The Morgan fingerprint density at radius 2 is 1.89 bits per heavy atom. The van der Waals surface area contributed by atoms with Crippen LogP contribution in [0.25, 0.3) is 0 Å². The van der Waals surface area contributed by atoms with Gasteiger partial charge in [0.25, 0.3) is 0 Å². The highest BCUT2D eigenvalue weighted by Crippen LogP contribution is 2.30. The molecular weight excluding hydrogens is 338 g/mol. The zero-order valence-corrected chi connectivity index (χ0v) is 15.6. The summed E-state index contributed by atoms with van der Waals surface area (Å²) < 4.78 is 5.41. The average Bonchev–Trinajstić information content (AvgIpc) is 3.22. The van der Waals surface area contributed by atoms with E-state index in [-0.39, 0.29) is 0 Å². The Balaban J connectivity index is 1.70. The van der Waals surface area contributed by atoms with Crippen LogP contribution in [0, 0.1) is 6.92 Å². The summed E-state index contributed by atoms with van der Waals surface area (Å²) in [6, 6.07) is 13.9. The summed E-state index contributed by atoms with van der Waals surface area (Å²) >= 11 is 0. The molecule has 1 N–H and O–H groups in total. The second-order valence-electron chi connectivity index (χ2n) is 7.12. The van der Waals surface area contributed by atoms with E-state index in [1.54, 1.807) is 12.3 Å². The summed E-state index contributed by atoms with van der Waals surface area (Å²) in [5, 5.41) is 10.7. The Morgan fingerprint density at radius 1 is 1.07 bits per heavy atom. The molecule has 0 radical (unpaired) electrons. The van der Waals surface area contributed by atoms with Gasteiger partial charge in [0.15, 0.2) is 0 Å². The number of anilines is 1. The van der Waals surface area contributed by atoms with Crippen LogP contribution in [0.5, 0.6) is 0 Å². The van der Waals surface area contributed by atoms with Crippen LogP contribution in [-0.4, -0.2) is 21.6 Å². The van der Waals surface area contributed by atoms with Gasteiger partial charge in [-0.05, 0) is 50.3 Å². The quantitative estimate of drug-likeness (QED) is 0.717. The molecule has 3 aromatic rings. The first-order valence-corrected chi connectivity index (χ1v) is 9.57. The highest BCUT2D eigenvalue weighted by Gasteiger charge is 2.24. The van der Waals surface area contributed by atoms with E-state index in [4.69, 9.17) is 9.40 Å². The molecule has 1 aromatic carbocycles. The maximum Gasteiger partial charge on any atom is 0.136 e. The number of benzene rings is 1. The number of hydrogen-bond donors (Lipinski definition) is 1. The second kappa shape index (κ2) is 7.92. The lowest BCUT2D eigenvalue weighted by Crippen LogP contribution is -2.31. The van der Waals surface area contributed by atoms with Crippen LogP contribution in [0.1, 0.15) is 47.4 Å². The van der Waals surface area contributed by atoms with E-state index in [0.29, 0.717) is 18.8 Å². The fraction of sp³-hybridized carbons (Fsp3) is 0.364. The Hall–Kier alpha value is -2.66. The molecule has 140 valence electrons. The molecule has 2 aromatic heterocycles. The summed E-state index contributed by atoms with van der Waals surface area (Å²) in [6.07, 6.45) is 5.22. The molecule has 1 aliphatic carbocycles. The molecule has 0 saturated carbocycles. The third-order valence-electron chi connectivity index (χ3n) is 5.05. The molecule has 1 atom stereocenters. The molecule has 2 heterocycles. The van der Waals surface area contributed by atoms with E-state index in [2.05, 4.69) is 22.0 Å². The molecule has 5 heteroatoms. The number of aliphatic hydroxyl groups is 1. The highest BCUT2D eigenvalue weighted by molar-refractivity contribution is 5.51. The van der Waals surface area contributed by atoms with E-state index in [9.17, 15) is 5.11 Å². The fourth-order valence-corrected chi connectivity index (χ4v) is 3.77. The topological polar surface area (TPSA) is 62.4 Å². The molecule has 0 amide bonds. The second-order valence-corrected chi connectivity index (χ2v) is 7.12. The number of aromatic nitrogens is 2. The molecule has 0 bridgehead atoms. The van der Waals surface area contributed by atoms with Crippen molar-refractivity contribution in [3.63, 3.8) is 0 Å². The maximum absolute atomic E-state index is 10.7. The predicted octanol–water partition coefficient (Wildman–Crippen LogP) is 4.00. The Bertz CT molecular complexity index is 878. The lowest BCUT2D eigenvalue weighted by molar-refractivity contribution is 0.154. The maximum atomic E-state index is 10.7. The summed E-state index contributed by atoms with van der Waals surface area (Å²) in [7, 11) is 0. The van der Waals surface area contributed by atoms with Crippen molar-refractivity contribution in [1.29, 1.82) is 0 Å². The summed E-state index contributed by atoms with van der Waals surface area (Å²) in [5.74, 6) is 2.32. The van der Waals surface area contributed by atoms with E-state index in [1.165, 1.54) is 17.5 Å². The normalized spacial score (nSPS) is 14.6. The Labute approximate surface area is 159 Å². The van der Waals surface area contributed by atoms with Gasteiger partial charge >= 0.3 is 0 Å². The van der Waals surface area contributed by atoms with Gasteiger partial charge in [-0.25, -0.2) is 9.97 Å². The summed E-state index contributed by atoms with van der Waals surface area (Å²) in [5.41, 5.74) is 3.58. The third kappa shape index (κ3) is 4.03. The molecule has 0 saturated heterocycles. The first-order chi connectivity index (χ1) is 13.2. The van der Waals surface area contributed by atoms with Crippen LogP contribution in [0.3, 0.4) is 0 Å². The van der Waals surface area contributed by atoms with Gasteiger partial charge < -0.3 is 14.4 Å². The van der Waals surface area contributed by atoms with Crippen LogP contribution in [-0.2, 0) is 19.4 Å². The predicted molar refractivity (Wildman–Crippen MR) is 105 cm³/mol. The highest BCUT2D eigenvalue weighted by atomic mass is 16.4. The molecule has 0 aliphatic heterocycles. The van der Waals surface area contributed by atoms with Gasteiger partial charge in [-0.1, -0.05) is 30.3 Å². The third-order valence-corrected chi connectivity index (χ3v) is 5.05. The number of hydrogen-bond acceptors (Lipinski definition) is 5. The van der Waals surface area contributed by atoms with Gasteiger partial charge in [0.05, 0.1) is 12.8 Å². The molecule has 1 unspecified atom stereocenters. The largest absolute Gasteiger partial charge is 0.467 e. The van der Waals surface area contributed by atoms with Gasteiger partial charge in [-0.2, -0.15) is 0 Å². The number of rotatable bonds is 6. The van der Waals surface area contributed by atoms with Crippen LogP contribution >= 0.6 is 0 Å². The number of furan rings is 1. The molecule has 5 nitrogen and oxygen atoms in total. The van der Waals surface area contributed by atoms with Crippen molar-refractivity contribution in [1.82, 2.24) is 9.97 Å². The van der Waals surface area contributed by atoms with E-state index in [1.807, 2.05) is 31.2 Å². The summed E-state index contributed by atoms with van der Waals surface area (Å²) in [6.45, 7) is 3.05. The Kier molecular flexibility index (Phi) is 5.21. The van der Waals surface area contributed by atoms with Crippen molar-refractivity contribution in [3.8, 4) is 0 Å². The zero-order valence-electron chi connectivity index (χ0n) is 15.6. The van der Waals surface area contributed by atoms with Crippen molar-refractivity contribution in [2.45, 2.75) is 45.3 Å². The van der Waals surface area contributed by atoms with E-state index in [0.717, 1.165) is 36.6 Å². The van der Waals surface area contributed by atoms with Crippen LogP contribution < -0.4 is 4.90 Å². The van der Waals surface area contributed by atoms with Gasteiger partial charge in [-0.3, -0.25) is 0 Å². The number of aliphatic hydroxyl groups excluding tert-OH is 1. The van der Waals surface area contributed by atoms with Gasteiger partial charge in [0.1, 0.15) is 23.5 Å². The Morgan fingerprint density at radius 3 is 2.67 bits per heavy atom. The molecule has 0 fully saturated rings. The first kappa shape index (κ1) is 17.7. The SMILES string of the molecule is Cc1nc2c(c(N(Cc3ccccc3)CC(O)c3ccco3)n1)CCCC2. The van der Waals surface area contributed by atoms with Crippen LogP contribution in [0.4, 0.5) is 5.82 Å².